The molecule has 1 unspecified atom stereocenters. The van der Waals surface area contributed by atoms with E-state index < -0.39 is 41.5 Å². The number of nitrogens with zero attached hydrogens (tertiary/aromatic N) is 1. The zero-order valence-corrected chi connectivity index (χ0v) is 19.1. The van der Waals surface area contributed by atoms with Crippen LogP contribution in [0.2, 0.25) is 0 Å². The molecule has 4 amide bonds. The summed E-state index contributed by atoms with van der Waals surface area (Å²) in [4.78, 5) is 40.4. The van der Waals surface area contributed by atoms with Gasteiger partial charge in [-0.3, -0.25) is 10.1 Å². The Morgan fingerprint density at radius 3 is 2.40 bits per heavy atom. The smallest absolute Gasteiger partial charge is 0.408 e. The van der Waals surface area contributed by atoms with Crippen LogP contribution in [-0.4, -0.2) is 42.8 Å². The highest BCUT2D eigenvalue weighted by atomic mass is 32.1. The number of fused-ring (bicyclic) bond motifs is 1. The number of amides is 4. The number of nitrogens with one attached hydrogen (secondary N) is 4. The number of halogens is 4. The Hall–Kier alpha value is -3.94. The van der Waals surface area contributed by atoms with E-state index in [9.17, 15) is 31.9 Å². The molecule has 1 aromatic heterocycles. The first-order valence-corrected chi connectivity index (χ1v) is 10.9. The molecule has 35 heavy (non-hydrogen) atoms. The standard InChI is InChI=1S/C21H19F4N5O4S/c1-3-27-17(31)15(21(23,24)25)10-8-13(34-20(33)26-2)16-14(9-10)35-19(29-16)30-18(32)28-12-6-4-11(22)5-7-12/h4-9,15H,3H2,1-2H3,(H,26,33)(H,27,31)(H2,28,29,30,32). The zero-order valence-electron chi connectivity index (χ0n) is 18.2. The summed E-state index contributed by atoms with van der Waals surface area (Å²) in [6, 6.07) is 6.19. The molecule has 0 saturated heterocycles. The van der Waals surface area contributed by atoms with Crippen molar-refractivity contribution in [2.24, 2.45) is 0 Å². The number of likely N-dealkylation sites (N-methyl/N-ethyl adjacent to an activating group) is 1. The highest BCUT2D eigenvalue weighted by Crippen LogP contribution is 2.41. The second-order valence-electron chi connectivity index (χ2n) is 6.98. The van der Waals surface area contributed by atoms with Crippen molar-refractivity contribution in [2.75, 3.05) is 24.2 Å². The van der Waals surface area contributed by atoms with Gasteiger partial charge in [0.15, 0.2) is 16.8 Å². The van der Waals surface area contributed by atoms with E-state index in [0.717, 1.165) is 35.6 Å². The Labute approximate surface area is 199 Å². The average molecular weight is 513 g/mol. The van der Waals surface area contributed by atoms with Gasteiger partial charge in [-0.25, -0.2) is 19.0 Å². The third-order valence-corrected chi connectivity index (χ3v) is 5.40. The van der Waals surface area contributed by atoms with Gasteiger partial charge in [-0.1, -0.05) is 11.3 Å². The number of urea groups is 1. The van der Waals surface area contributed by atoms with Crippen LogP contribution in [0.4, 0.5) is 38.0 Å². The first-order chi connectivity index (χ1) is 16.5. The number of carbonyl (C=O) groups is 3. The van der Waals surface area contributed by atoms with Crippen molar-refractivity contribution in [3.63, 3.8) is 0 Å². The van der Waals surface area contributed by atoms with E-state index in [1.165, 1.54) is 26.1 Å². The van der Waals surface area contributed by atoms with E-state index in [1.54, 1.807) is 0 Å². The number of aromatic nitrogens is 1. The number of carbonyl (C=O) groups excluding carboxylic acids is 3. The van der Waals surface area contributed by atoms with Crippen LogP contribution in [0.25, 0.3) is 10.2 Å². The monoisotopic (exact) mass is 513 g/mol. The summed E-state index contributed by atoms with van der Waals surface area (Å²) >= 11 is 0.801. The molecule has 0 spiro atoms. The van der Waals surface area contributed by atoms with Gasteiger partial charge in [0.2, 0.25) is 5.91 Å². The first-order valence-electron chi connectivity index (χ1n) is 10.0. The summed E-state index contributed by atoms with van der Waals surface area (Å²) in [7, 11) is 1.25. The lowest BCUT2D eigenvalue weighted by Gasteiger charge is -2.20. The molecule has 1 heterocycles. The van der Waals surface area contributed by atoms with Crippen LogP contribution in [0.3, 0.4) is 0 Å². The molecule has 4 N–H and O–H groups in total. The molecule has 9 nitrogen and oxygen atoms in total. The highest BCUT2D eigenvalue weighted by Gasteiger charge is 2.46. The van der Waals surface area contributed by atoms with Crippen LogP contribution in [-0.2, 0) is 4.79 Å². The van der Waals surface area contributed by atoms with Crippen LogP contribution in [0, 0.1) is 5.82 Å². The lowest BCUT2D eigenvalue weighted by Crippen LogP contribution is -2.37. The fourth-order valence-corrected chi connectivity index (χ4v) is 3.95. The summed E-state index contributed by atoms with van der Waals surface area (Å²) in [5.41, 5.74) is -0.192. The molecule has 1 atom stereocenters. The average Bonchev–Trinajstić information content (AvgIpc) is 3.17. The third kappa shape index (κ3) is 6.35. The van der Waals surface area contributed by atoms with E-state index >= 15 is 0 Å². The minimum absolute atomic E-state index is 0.00347. The number of hydrogen-bond donors (Lipinski definition) is 4. The van der Waals surface area contributed by atoms with Crippen LogP contribution in [0.5, 0.6) is 5.75 Å². The fourth-order valence-electron chi connectivity index (χ4n) is 3.03. The van der Waals surface area contributed by atoms with Crippen molar-refractivity contribution in [2.45, 2.75) is 19.0 Å². The predicted molar refractivity (Wildman–Crippen MR) is 121 cm³/mol. The van der Waals surface area contributed by atoms with Crippen LogP contribution in [0.1, 0.15) is 18.4 Å². The van der Waals surface area contributed by atoms with Gasteiger partial charge in [0.05, 0.1) is 4.70 Å². The zero-order chi connectivity index (χ0) is 25.8. The maximum absolute atomic E-state index is 13.8. The largest absolute Gasteiger partial charge is 0.412 e. The molecule has 0 aliphatic carbocycles. The Kier molecular flexibility index (Phi) is 7.74. The molecule has 3 rings (SSSR count). The Morgan fingerprint density at radius 2 is 1.80 bits per heavy atom. The molecule has 0 aliphatic heterocycles. The van der Waals surface area contributed by atoms with Gasteiger partial charge in [-0.15, -0.1) is 0 Å². The number of benzene rings is 2. The number of ether oxygens (including phenoxy) is 1. The van der Waals surface area contributed by atoms with Gasteiger partial charge in [-0.05, 0) is 48.9 Å². The molecule has 0 radical (unpaired) electrons. The molecule has 0 aliphatic rings. The normalized spacial score (nSPS) is 12.1. The second kappa shape index (κ2) is 10.5. The van der Waals surface area contributed by atoms with E-state index in [0.29, 0.717) is 0 Å². The van der Waals surface area contributed by atoms with Crippen molar-refractivity contribution in [3.05, 3.63) is 47.8 Å². The summed E-state index contributed by atoms with van der Waals surface area (Å²) in [6.07, 6.45) is -5.90. The molecule has 186 valence electrons. The fraction of sp³-hybridized carbons (Fsp3) is 0.238. The molecular weight excluding hydrogens is 494 g/mol. The van der Waals surface area contributed by atoms with E-state index in [4.69, 9.17) is 4.74 Å². The van der Waals surface area contributed by atoms with Crippen LogP contribution < -0.4 is 26.0 Å². The lowest BCUT2D eigenvalue weighted by atomic mass is 9.97. The van der Waals surface area contributed by atoms with Crippen molar-refractivity contribution in [1.29, 1.82) is 0 Å². The maximum atomic E-state index is 13.8. The quantitative estimate of drug-likeness (QED) is 0.360. The number of alkyl halides is 3. The highest BCUT2D eigenvalue weighted by molar-refractivity contribution is 7.22. The van der Waals surface area contributed by atoms with Gasteiger partial charge in [0.25, 0.3) is 0 Å². The molecule has 3 aromatic rings. The second-order valence-corrected chi connectivity index (χ2v) is 8.01. The number of rotatable bonds is 6. The van der Waals surface area contributed by atoms with Crippen molar-refractivity contribution in [3.8, 4) is 5.75 Å². The first kappa shape index (κ1) is 25.7. The van der Waals surface area contributed by atoms with Crippen LogP contribution in [0.15, 0.2) is 36.4 Å². The minimum Gasteiger partial charge on any atom is -0.408 e. The van der Waals surface area contributed by atoms with Crippen LogP contribution >= 0.6 is 11.3 Å². The molecule has 2 aromatic carbocycles. The summed E-state index contributed by atoms with van der Waals surface area (Å²) in [5, 5.41) is 9.16. The van der Waals surface area contributed by atoms with Gasteiger partial charge >= 0.3 is 18.3 Å². The van der Waals surface area contributed by atoms with Gasteiger partial charge in [0.1, 0.15) is 11.3 Å². The SMILES string of the molecule is CCNC(=O)C(c1cc(OC(=O)NC)c2nc(NC(=O)Nc3ccc(F)cc3)sc2c1)C(F)(F)F. The van der Waals surface area contributed by atoms with Crippen molar-refractivity contribution < 1.29 is 36.7 Å². The van der Waals surface area contributed by atoms with E-state index in [-0.39, 0.29) is 33.3 Å². The van der Waals surface area contributed by atoms with Crippen molar-refractivity contribution >= 4 is 50.4 Å². The summed E-state index contributed by atoms with van der Waals surface area (Å²) in [6.45, 7) is 1.46. The lowest BCUT2D eigenvalue weighted by molar-refractivity contribution is -0.164. The molecule has 0 saturated carbocycles. The van der Waals surface area contributed by atoms with Gasteiger partial charge < -0.3 is 20.7 Å². The molecular formula is C21H19F4N5O4S. The van der Waals surface area contributed by atoms with E-state index in [1.807, 2.05) is 0 Å². The topological polar surface area (TPSA) is 121 Å². The number of thiazole rings is 1. The number of anilines is 2. The summed E-state index contributed by atoms with van der Waals surface area (Å²) in [5.74, 6) is -4.63. The van der Waals surface area contributed by atoms with E-state index in [2.05, 4.69) is 26.3 Å². The molecule has 0 bridgehead atoms. The summed E-state index contributed by atoms with van der Waals surface area (Å²) < 4.78 is 59.5. The predicted octanol–water partition coefficient (Wildman–Crippen LogP) is 4.58. The third-order valence-electron chi connectivity index (χ3n) is 4.49. The maximum Gasteiger partial charge on any atom is 0.412 e. The minimum atomic E-state index is -4.93. The Morgan fingerprint density at radius 1 is 1.11 bits per heavy atom. The Bertz CT molecular complexity index is 1250. The number of hydrogen-bond acceptors (Lipinski definition) is 6. The van der Waals surface area contributed by atoms with Gasteiger partial charge in [0, 0.05) is 19.3 Å². The Balaban J connectivity index is 1.99. The molecule has 14 heteroatoms. The molecule has 0 fully saturated rings. The van der Waals surface area contributed by atoms with Crippen molar-refractivity contribution in [1.82, 2.24) is 15.6 Å². The van der Waals surface area contributed by atoms with Gasteiger partial charge in [-0.2, -0.15) is 13.2 Å².